The van der Waals surface area contributed by atoms with Gasteiger partial charge in [-0.05, 0) is 55.5 Å². The van der Waals surface area contributed by atoms with E-state index >= 15 is 0 Å². The first-order chi connectivity index (χ1) is 14.8. The third-order valence-electron chi connectivity index (χ3n) is 5.85. The summed E-state index contributed by atoms with van der Waals surface area (Å²) in [5, 5.41) is 5.73. The maximum atomic E-state index is 12.7. The predicted molar refractivity (Wildman–Crippen MR) is 119 cm³/mol. The zero-order valence-corrected chi connectivity index (χ0v) is 18.0. The van der Waals surface area contributed by atoms with E-state index in [2.05, 4.69) is 15.5 Å². The molecular weight excluding hydrogens is 394 g/mol. The molecule has 2 aliphatic heterocycles. The Bertz CT molecular complexity index is 1030. The van der Waals surface area contributed by atoms with Crippen molar-refractivity contribution in [3.05, 3.63) is 53.6 Å². The number of fused-ring (bicyclic) bond motifs is 3. The van der Waals surface area contributed by atoms with Crippen LogP contribution in [0.25, 0.3) is 0 Å². The Morgan fingerprint density at radius 3 is 2.71 bits per heavy atom. The lowest BCUT2D eigenvalue weighted by Crippen LogP contribution is -2.43. The number of hydrogen-bond donors (Lipinski definition) is 2. The number of amides is 2. The molecule has 31 heavy (non-hydrogen) atoms. The van der Waals surface area contributed by atoms with Crippen molar-refractivity contribution >= 4 is 34.8 Å². The smallest absolute Gasteiger partial charge is 0.338 e. The lowest BCUT2D eigenvalue weighted by molar-refractivity contribution is -0.123. The average Bonchev–Trinajstić information content (AvgIpc) is 3.24. The van der Waals surface area contributed by atoms with Crippen LogP contribution in [-0.4, -0.2) is 36.5 Å². The van der Waals surface area contributed by atoms with Crippen LogP contribution in [0, 0.1) is 0 Å². The summed E-state index contributed by atoms with van der Waals surface area (Å²) in [7, 11) is 0. The van der Waals surface area contributed by atoms with Gasteiger partial charge in [-0.25, -0.2) is 4.79 Å². The van der Waals surface area contributed by atoms with Crippen molar-refractivity contribution in [3.8, 4) is 0 Å². The number of anilines is 3. The number of rotatable bonds is 5. The normalized spacial score (nSPS) is 18.1. The maximum Gasteiger partial charge on any atom is 0.338 e. The third-order valence-corrected chi connectivity index (χ3v) is 5.85. The van der Waals surface area contributed by atoms with Gasteiger partial charge in [-0.2, -0.15) is 0 Å². The Balaban J connectivity index is 1.44. The van der Waals surface area contributed by atoms with Gasteiger partial charge in [0.15, 0.2) is 6.10 Å². The highest BCUT2D eigenvalue weighted by molar-refractivity contribution is 6.06. The molecule has 2 aliphatic rings. The molecular formula is C24H27N3O4. The van der Waals surface area contributed by atoms with E-state index < -0.39 is 18.0 Å². The fraction of sp³-hybridized carbons (Fsp3) is 0.375. The van der Waals surface area contributed by atoms with Gasteiger partial charge in [-0.15, -0.1) is 0 Å². The molecule has 2 aromatic carbocycles. The number of nitrogens with zero attached hydrogens (tertiary/aromatic N) is 1. The number of nitrogens with one attached hydrogen (secondary N) is 2. The molecule has 0 spiro atoms. The van der Waals surface area contributed by atoms with Crippen molar-refractivity contribution in [2.24, 2.45) is 0 Å². The zero-order chi connectivity index (χ0) is 22.1. The second kappa shape index (κ2) is 8.41. The SMILES string of the molecule is CC(C)c1ccccc1NC(=O)[C@H](C)OC(=O)c1ccc2c(c1)NC(=O)[C@H]1CCCN21. The first-order valence-corrected chi connectivity index (χ1v) is 10.7. The quantitative estimate of drug-likeness (QED) is 0.715. The van der Waals surface area contributed by atoms with Gasteiger partial charge in [-0.3, -0.25) is 9.59 Å². The van der Waals surface area contributed by atoms with Crippen LogP contribution in [0.5, 0.6) is 0 Å². The number of esters is 1. The van der Waals surface area contributed by atoms with Crippen molar-refractivity contribution in [1.29, 1.82) is 0 Å². The first-order valence-electron chi connectivity index (χ1n) is 10.7. The molecule has 7 heteroatoms. The van der Waals surface area contributed by atoms with Gasteiger partial charge in [0, 0.05) is 12.2 Å². The second-order valence-electron chi connectivity index (χ2n) is 8.35. The Morgan fingerprint density at radius 1 is 1.16 bits per heavy atom. The molecule has 1 saturated heterocycles. The van der Waals surface area contributed by atoms with Crippen LogP contribution in [0.3, 0.4) is 0 Å². The maximum absolute atomic E-state index is 12.7. The summed E-state index contributed by atoms with van der Waals surface area (Å²) < 4.78 is 5.40. The fourth-order valence-electron chi connectivity index (χ4n) is 4.19. The van der Waals surface area contributed by atoms with Crippen LogP contribution in [-0.2, 0) is 14.3 Å². The van der Waals surface area contributed by atoms with Crippen molar-refractivity contribution in [2.45, 2.75) is 51.7 Å². The standard InChI is InChI=1S/C24H27N3O4/c1-14(2)17-7-4-5-8-18(17)25-22(28)15(3)31-24(30)16-10-11-20-19(13-16)26-23(29)21-9-6-12-27(20)21/h4-5,7-8,10-11,13-15,21H,6,9,12H2,1-3H3,(H,25,28)(H,26,29)/t15-,21+/m0/s1. The molecule has 1 fully saturated rings. The number of ether oxygens (including phenoxy) is 1. The molecule has 2 atom stereocenters. The van der Waals surface area contributed by atoms with Crippen LogP contribution in [0.2, 0.25) is 0 Å². The molecule has 7 nitrogen and oxygen atoms in total. The van der Waals surface area contributed by atoms with Gasteiger partial charge in [0.05, 0.1) is 16.9 Å². The van der Waals surface area contributed by atoms with E-state index in [1.807, 2.05) is 44.2 Å². The number of para-hydroxylation sites is 1. The Hall–Kier alpha value is -3.35. The highest BCUT2D eigenvalue weighted by Gasteiger charge is 2.36. The van der Waals surface area contributed by atoms with Gasteiger partial charge in [0.2, 0.25) is 5.91 Å². The summed E-state index contributed by atoms with van der Waals surface area (Å²) in [6, 6.07) is 12.5. The molecule has 0 bridgehead atoms. The summed E-state index contributed by atoms with van der Waals surface area (Å²) in [5.74, 6) is -0.810. The van der Waals surface area contributed by atoms with E-state index in [4.69, 9.17) is 4.74 Å². The molecule has 0 saturated carbocycles. The third kappa shape index (κ3) is 4.13. The first kappa shape index (κ1) is 20.9. The van der Waals surface area contributed by atoms with Crippen LogP contribution < -0.4 is 15.5 Å². The highest BCUT2D eigenvalue weighted by atomic mass is 16.5. The monoisotopic (exact) mass is 421 g/mol. The minimum atomic E-state index is -0.971. The molecule has 162 valence electrons. The minimum absolute atomic E-state index is 0.0490. The minimum Gasteiger partial charge on any atom is -0.449 e. The topological polar surface area (TPSA) is 87.7 Å². The number of carbonyl (C=O) groups is 3. The van der Waals surface area contributed by atoms with E-state index in [1.54, 1.807) is 19.1 Å². The van der Waals surface area contributed by atoms with E-state index in [1.165, 1.54) is 0 Å². The lowest BCUT2D eigenvalue weighted by atomic mass is 10.0. The number of carbonyl (C=O) groups excluding carboxylic acids is 3. The van der Waals surface area contributed by atoms with Crippen molar-refractivity contribution < 1.29 is 19.1 Å². The summed E-state index contributed by atoms with van der Waals surface area (Å²) >= 11 is 0. The Labute approximate surface area is 181 Å². The van der Waals surface area contributed by atoms with E-state index in [-0.39, 0.29) is 17.9 Å². The molecule has 0 aliphatic carbocycles. The van der Waals surface area contributed by atoms with Gasteiger partial charge in [0.1, 0.15) is 6.04 Å². The number of hydrogen-bond acceptors (Lipinski definition) is 5. The zero-order valence-electron chi connectivity index (χ0n) is 18.0. The second-order valence-corrected chi connectivity index (χ2v) is 8.35. The number of benzene rings is 2. The Kier molecular flexibility index (Phi) is 5.67. The van der Waals surface area contributed by atoms with E-state index in [0.717, 1.165) is 30.6 Å². The summed E-state index contributed by atoms with van der Waals surface area (Å²) in [6.45, 7) is 6.46. The van der Waals surface area contributed by atoms with Crippen LogP contribution >= 0.6 is 0 Å². The summed E-state index contributed by atoms with van der Waals surface area (Å²) in [5.41, 5.74) is 3.52. The summed E-state index contributed by atoms with van der Waals surface area (Å²) in [4.78, 5) is 39.6. The van der Waals surface area contributed by atoms with Crippen LogP contribution in [0.15, 0.2) is 42.5 Å². The lowest BCUT2D eigenvalue weighted by Gasteiger charge is -2.33. The molecule has 2 amide bonds. The molecule has 2 aromatic rings. The van der Waals surface area contributed by atoms with Crippen LogP contribution in [0.1, 0.15) is 55.5 Å². The molecule has 0 radical (unpaired) electrons. The average molecular weight is 421 g/mol. The highest BCUT2D eigenvalue weighted by Crippen LogP contribution is 2.37. The van der Waals surface area contributed by atoms with Gasteiger partial charge >= 0.3 is 5.97 Å². The molecule has 0 unspecified atom stereocenters. The Morgan fingerprint density at radius 2 is 1.94 bits per heavy atom. The molecule has 2 heterocycles. The molecule has 0 aromatic heterocycles. The van der Waals surface area contributed by atoms with Gasteiger partial charge in [0.25, 0.3) is 5.91 Å². The van der Waals surface area contributed by atoms with Gasteiger partial charge < -0.3 is 20.3 Å². The largest absolute Gasteiger partial charge is 0.449 e. The van der Waals surface area contributed by atoms with Crippen LogP contribution in [0.4, 0.5) is 17.1 Å². The van der Waals surface area contributed by atoms with Gasteiger partial charge in [-0.1, -0.05) is 32.0 Å². The fourth-order valence-corrected chi connectivity index (χ4v) is 4.19. The van der Waals surface area contributed by atoms with E-state index in [0.29, 0.717) is 16.9 Å². The van der Waals surface area contributed by atoms with Crippen molar-refractivity contribution in [1.82, 2.24) is 0 Å². The van der Waals surface area contributed by atoms with E-state index in [9.17, 15) is 14.4 Å². The summed E-state index contributed by atoms with van der Waals surface area (Å²) in [6.07, 6.45) is 0.830. The molecule has 2 N–H and O–H groups in total. The predicted octanol–water partition coefficient (Wildman–Crippen LogP) is 3.91. The van der Waals surface area contributed by atoms with Crippen molar-refractivity contribution in [3.63, 3.8) is 0 Å². The molecule has 4 rings (SSSR count). The van der Waals surface area contributed by atoms with Crippen molar-refractivity contribution in [2.75, 3.05) is 22.1 Å².